The molecule has 1 N–H and O–H groups in total. The van der Waals surface area contributed by atoms with E-state index < -0.39 is 0 Å². The van der Waals surface area contributed by atoms with Crippen molar-refractivity contribution in [1.82, 2.24) is 10.2 Å². The standard InChI is InChI=1S/C10H16N2O2/c13-9-6-12(7-10(14)11-9)5-1-2-8-3-4-8/h8H,1-7H2,(H,11,13,14). The summed E-state index contributed by atoms with van der Waals surface area (Å²) in [5.41, 5.74) is 0. The van der Waals surface area contributed by atoms with Gasteiger partial charge < -0.3 is 0 Å². The van der Waals surface area contributed by atoms with E-state index in [1.54, 1.807) is 0 Å². The van der Waals surface area contributed by atoms with E-state index in [1.165, 1.54) is 19.3 Å². The van der Waals surface area contributed by atoms with Gasteiger partial charge in [-0.1, -0.05) is 12.8 Å². The summed E-state index contributed by atoms with van der Waals surface area (Å²) in [5, 5.41) is 2.30. The minimum atomic E-state index is -0.160. The number of nitrogens with one attached hydrogen (secondary N) is 1. The maximum atomic E-state index is 11.0. The highest BCUT2D eigenvalue weighted by atomic mass is 16.2. The molecule has 1 saturated heterocycles. The Morgan fingerprint density at radius 2 is 1.86 bits per heavy atom. The molecule has 0 aromatic heterocycles. The first-order valence-corrected chi connectivity index (χ1v) is 5.29. The maximum Gasteiger partial charge on any atom is 0.240 e. The number of hydrogen-bond donors (Lipinski definition) is 1. The van der Waals surface area contributed by atoms with Crippen LogP contribution in [0.1, 0.15) is 25.7 Å². The van der Waals surface area contributed by atoms with Gasteiger partial charge in [0.1, 0.15) is 0 Å². The molecule has 0 radical (unpaired) electrons. The van der Waals surface area contributed by atoms with Crippen molar-refractivity contribution in [3.8, 4) is 0 Å². The number of imide groups is 1. The Bertz CT molecular complexity index is 233. The highest BCUT2D eigenvalue weighted by Crippen LogP contribution is 2.33. The summed E-state index contributed by atoms with van der Waals surface area (Å²) in [6, 6.07) is 0. The molecule has 0 aromatic rings. The molecule has 0 atom stereocenters. The van der Waals surface area contributed by atoms with E-state index in [0.717, 1.165) is 18.9 Å². The third-order valence-corrected chi connectivity index (χ3v) is 2.80. The van der Waals surface area contributed by atoms with Crippen LogP contribution < -0.4 is 5.32 Å². The molecule has 0 spiro atoms. The number of carbonyl (C=O) groups excluding carboxylic acids is 2. The van der Waals surface area contributed by atoms with E-state index in [4.69, 9.17) is 0 Å². The third-order valence-electron chi connectivity index (χ3n) is 2.80. The second-order valence-corrected chi connectivity index (χ2v) is 4.27. The average Bonchev–Trinajstić information content (AvgIpc) is 2.86. The Balaban J connectivity index is 1.67. The van der Waals surface area contributed by atoms with Crippen LogP contribution in [0.25, 0.3) is 0 Å². The fraction of sp³-hybridized carbons (Fsp3) is 0.800. The lowest BCUT2D eigenvalue weighted by Crippen LogP contribution is -2.51. The van der Waals surface area contributed by atoms with E-state index in [2.05, 4.69) is 5.32 Å². The quantitative estimate of drug-likeness (QED) is 0.650. The molecule has 0 unspecified atom stereocenters. The Kier molecular flexibility index (Phi) is 2.82. The molecule has 0 bridgehead atoms. The first-order chi connectivity index (χ1) is 6.74. The van der Waals surface area contributed by atoms with Gasteiger partial charge in [0.05, 0.1) is 13.1 Å². The lowest BCUT2D eigenvalue weighted by Gasteiger charge is -2.24. The highest BCUT2D eigenvalue weighted by Gasteiger charge is 2.24. The number of nitrogens with zero attached hydrogens (tertiary/aromatic N) is 1. The summed E-state index contributed by atoms with van der Waals surface area (Å²) >= 11 is 0. The topological polar surface area (TPSA) is 49.4 Å². The van der Waals surface area contributed by atoms with Crippen molar-refractivity contribution in [2.24, 2.45) is 5.92 Å². The molecule has 4 nitrogen and oxygen atoms in total. The minimum Gasteiger partial charge on any atom is -0.294 e. The van der Waals surface area contributed by atoms with Gasteiger partial charge in [-0.2, -0.15) is 0 Å². The first kappa shape index (κ1) is 9.65. The van der Waals surface area contributed by atoms with Gasteiger partial charge >= 0.3 is 0 Å². The van der Waals surface area contributed by atoms with E-state index in [0.29, 0.717) is 13.1 Å². The van der Waals surface area contributed by atoms with Gasteiger partial charge in [0, 0.05) is 0 Å². The van der Waals surface area contributed by atoms with Crippen molar-refractivity contribution < 1.29 is 9.59 Å². The smallest absolute Gasteiger partial charge is 0.240 e. The molecule has 4 heteroatoms. The second-order valence-electron chi connectivity index (χ2n) is 4.27. The van der Waals surface area contributed by atoms with Crippen molar-refractivity contribution in [1.29, 1.82) is 0 Å². The second kappa shape index (κ2) is 4.09. The molecule has 2 amide bonds. The summed E-state index contributed by atoms with van der Waals surface area (Å²) in [6.07, 6.45) is 5.12. The molecular weight excluding hydrogens is 180 g/mol. The highest BCUT2D eigenvalue weighted by molar-refractivity contribution is 5.99. The predicted molar refractivity (Wildman–Crippen MR) is 51.5 cm³/mol. The van der Waals surface area contributed by atoms with Gasteiger partial charge in [-0.25, -0.2) is 0 Å². The number of piperazine rings is 1. The Morgan fingerprint density at radius 3 is 2.43 bits per heavy atom. The number of hydrogen-bond acceptors (Lipinski definition) is 3. The Labute approximate surface area is 83.6 Å². The molecule has 1 aliphatic carbocycles. The lowest BCUT2D eigenvalue weighted by atomic mass is 10.2. The monoisotopic (exact) mass is 196 g/mol. The van der Waals surface area contributed by atoms with Crippen molar-refractivity contribution in [3.05, 3.63) is 0 Å². The molecule has 0 aromatic carbocycles. The number of carbonyl (C=O) groups is 2. The summed E-state index contributed by atoms with van der Waals surface area (Å²) in [5.74, 6) is 0.615. The van der Waals surface area contributed by atoms with Crippen LogP contribution in [0.2, 0.25) is 0 Å². The van der Waals surface area contributed by atoms with Crippen molar-refractivity contribution >= 4 is 11.8 Å². The molecule has 2 fully saturated rings. The van der Waals surface area contributed by atoms with Gasteiger partial charge in [0.25, 0.3) is 0 Å². The minimum absolute atomic E-state index is 0.160. The van der Waals surface area contributed by atoms with Crippen LogP contribution in [-0.2, 0) is 9.59 Å². The molecule has 1 saturated carbocycles. The van der Waals surface area contributed by atoms with Crippen LogP contribution in [0, 0.1) is 5.92 Å². The summed E-state index contributed by atoms with van der Waals surface area (Å²) in [7, 11) is 0. The van der Waals surface area contributed by atoms with Crippen LogP contribution in [0.4, 0.5) is 0 Å². The van der Waals surface area contributed by atoms with E-state index in [1.807, 2.05) is 4.90 Å². The molecular formula is C10H16N2O2. The van der Waals surface area contributed by atoms with Crippen LogP contribution >= 0.6 is 0 Å². The fourth-order valence-corrected chi connectivity index (χ4v) is 1.86. The normalized spacial score (nSPS) is 23.7. The lowest BCUT2D eigenvalue weighted by molar-refractivity contribution is -0.136. The summed E-state index contributed by atoms with van der Waals surface area (Å²) in [4.78, 5) is 24.0. The molecule has 1 heterocycles. The zero-order valence-corrected chi connectivity index (χ0v) is 8.29. The Hall–Kier alpha value is -0.900. The van der Waals surface area contributed by atoms with E-state index in [-0.39, 0.29) is 11.8 Å². The van der Waals surface area contributed by atoms with Crippen LogP contribution in [0.15, 0.2) is 0 Å². The molecule has 2 aliphatic rings. The number of amides is 2. The average molecular weight is 196 g/mol. The van der Waals surface area contributed by atoms with Gasteiger partial charge in [0.2, 0.25) is 11.8 Å². The van der Waals surface area contributed by atoms with E-state index in [9.17, 15) is 9.59 Å². The SMILES string of the molecule is O=C1CN(CCCC2CC2)CC(=O)N1. The Morgan fingerprint density at radius 1 is 1.21 bits per heavy atom. The predicted octanol–water partition coefficient (Wildman–Crippen LogP) is 0.135. The van der Waals surface area contributed by atoms with Crippen LogP contribution in [-0.4, -0.2) is 36.3 Å². The van der Waals surface area contributed by atoms with Crippen molar-refractivity contribution in [3.63, 3.8) is 0 Å². The zero-order valence-electron chi connectivity index (χ0n) is 8.29. The fourth-order valence-electron chi connectivity index (χ4n) is 1.86. The maximum absolute atomic E-state index is 11.0. The van der Waals surface area contributed by atoms with Gasteiger partial charge in [-0.05, 0) is 25.3 Å². The van der Waals surface area contributed by atoms with Crippen LogP contribution in [0.5, 0.6) is 0 Å². The molecule has 14 heavy (non-hydrogen) atoms. The van der Waals surface area contributed by atoms with Gasteiger partial charge in [-0.15, -0.1) is 0 Å². The zero-order chi connectivity index (χ0) is 9.97. The van der Waals surface area contributed by atoms with E-state index >= 15 is 0 Å². The largest absolute Gasteiger partial charge is 0.294 e. The third kappa shape index (κ3) is 2.80. The van der Waals surface area contributed by atoms with Crippen LogP contribution in [0.3, 0.4) is 0 Å². The first-order valence-electron chi connectivity index (χ1n) is 5.29. The summed E-state index contributed by atoms with van der Waals surface area (Å²) in [6.45, 7) is 1.66. The van der Waals surface area contributed by atoms with Crippen molar-refractivity contribution in [2.45, 2.75) is 25.7 Å². The van der Waals surface area contributed by atoms with Crippen molar-refractivity contribution in [2.75, 3.05) is 19.6 Å². The van der Waals surface area contributed by atoms with Gasteiger partial charge in [0.15, 0.2) is 0 Å². The molecule has 78 valence electrons. The molecule has 2 rings (SSSR count). The molecule has 1 aliphatic heterocycles. The summed E-state index contributed by atoms with van der Waals surface area (Å²) < 4.78 is 0. The van der Waals surface area contributed by atoms with Gasteiger partial charge in [-0.3, -0.25) is 19.8 Å². The number of rotatable bonds is 4.